The zero-order chi connectivity index (χ0) is 10.6. The minimum Gasteiger partial charge on any atom is -0.459 e. The first-order valence-electron chi connectivity index (χ1n) is 5.02. The van der Waals surface area contributed by atoms with Crippen LogP contribution in [0, 0.1) is 0 Å². The molecule has 0 atom stereocenters. The number of methoxy groups -OCH3 is 1. The maximum absolute atomic E-state index is 11.2. The summed E-state index contributed by atoms with van der Waals surface area (Å²) in [6, 6.07) is 0. The Morgan fingerprint density at radius 3 is 2.14 bits per heavy atom. The summed E-state index contributed by atoms with van der Waals surface area (Å²) in [6.45, 7) is 5.22. The van der Waals surface area contributed by atoms with Gasteiger partial charge >= 0.3 is 5.97 Å². The highest BCUT2D eigenvalue weighted by Crippen LogP contribution is 2.23. The Hall–Kier alpha value is -0.830. The number of carbonyl (C=O) groups is 1. The number of hydrogen-bond donors (Lipinski definition) is 0. The lowest BCUT2D eigenvalue weighted by molar-refractivity contribution is -0.146. The molecule has 1 rings (SSSR count). The van der Waals surface area contributed by atoms with E-state index in [1.54, 1.807) is 14.0 Å². The average molecular weight is 198 g/mol. The fraction of sp³-hybridized carbons (Fsp3) is 0.727. The van der Waals surface area contributed by atoms with Gasteiger partial charge in [0.25, 0.3) is 0 Å². The molecule has 0 aromatic rings. The van der Waals surface area contributed by atoms with E-state index in [9.17, 15) is 4.79 Å². The molecule has 0 radical (unpaired) electrons. The quantitative estimate of drug-likeness (QED) is 0.514. The lowest BCUT2D eigenvalue weighted by Gasteiger charge is -2.27. The number of rotatable bonds is 3. The van der Waals surface area contributed by atoms with E-state index in [4.69, 9.17) is 9.47 Å². The third kappa shape index (κ3) is 3.14. The predicted molar refractivity (Wildman–Crippen MR) is 54.0 cm³/mol. The van der Waals surface area contributed by atoms with Crippen LogP contribution < -0.4 is 0 Å². The molecule has 14 heavy (non-hydrogen) atoms. The van der Waals surface area contributed by atoms with E-state index < -0.39 is 0 Å². The molecule has 1 saturated carbocycles. The highest BCUT2D eigenvalue weighted by Gasteiger charge is 2.23. The molecule has 0 spiro atoms. The van der Waals surface area contributed by atoms with E-state index in [0.717, 1.165) is 25.7 Å². The first-order chi connectivity index (χ1) is 6.63. The van der Waals surface area contributed by atoms with E-state index in [2.05, 4.69) is 6.58 Å². The first kappa shape index (κ1) is 11.2. The normalized spacial score (nSPS) is 27.0. The number of hydrogen-bond acceptors (Lipinski definition) is 3. The van der Waals surface area contributed by atoms with Gasteiger partial charge in [0, 0.05) is 12.7 Å². The molecule has 1 fully saturated rings. The Morgan fingerprint density at radius 2 is 1.71 bits per heavy atom. The third-order valence-electron chi connectivity index (χ3n) is 2.58. The Morgan fingerprint density at radius 1 is 1.21 bits per heavy atom. The second kappa shape index (κ2) is 5.15. The SMILES string of the molecule is C=C(C)C(=O)OC1CCC(OC)CC1. The van der Waals surface area contributed by atoms with Crippen LogP contribution in [0.15, 0.2) is 12.2 Å². The molecule has 3 heteroatoms. The summed E-state index contributed by atoms with van der Waals surface area (Å²) in [5.41, 5.74) is 0.471. The minimum atomic E-state index is -0.272. The Labute approximate surface area is 85.1 Å². The molecule has 3 nitrogen and oxygen atoms in total. The number of carbonyl (C=O) groups excluding carboxylic acids is 1. The van der Waals surface area contributed by atoms with Crippen LogP contribution in [0.4, 0.5) is 0 Å². The van der Waals surface area contributed by atoms with Crippen molar-refractivity contribution in [1.29, 1.82) is 0 Å². The molecule has 1 aliphatic rings. The first-order valence-corrected chi connectivity index (χ1v) is 5.02. The topological polar surface area (TPSA) is 35.5 Å². The summed E-state index contributed by atoms with van der Waals surface area (Å²) in [5, 5.41) is 0. The van der Waals surface area contributed by atoms with Crippen molar-refractivity contribution in [2.24, 2.45) is 0 Å². The molecule has 0 aliphatic heterocycles. The smallest absolute Gasteiger partial charge is 0.333 e. The zero-order valence-corrected chi connectivity index (χ0v) is 8.91. The van der Waals surface area contributed by atoms with Gasteiger partial charge in [0.05, 0.1) is 6.10 Å². The van der Waals surface area contributed by atoms with Crippen LogP contribution in [0.5, 0.6) is 0 Å². The summed E-state index contributed by atoms with van der Waals surface area (Å²) in [5.74, 6) is -0.272. The van der Waals surface area contributed by atoms with Gasteiger partial charge in [0.15, 0.2) is 0 Å². The van der Waals surface area contributed by atoms with Crippen LogP contribution in [0.1, 0.15) is 32.6 Å². The zero-order valence-electron chi connectivity index (χ0n) is 8.91. The van der Waals surface area contributed by atoms with Gasteiger partial charge in [-0.25, -0.2) is 4.79 Å². The third-order valence-corrected chi connectivity index (χ3v) is 2.58. The molecule has 0 bridgehead atoms. The molecule has 80 valence electrons. The number of ether oxygens (including phenoxy) is 2. The van der Waals surface area contributed by atoms with Crippen molar-refractivity contribution in [2.45, 2.75) is 44.8 Å². The van der Waals surface area contributed by atoms with Crippen LogP contribution in [0.25, 0.3) is 0 Å². The van der Waals surface area contributed by atoms with Gasteiger partial charge in [-0.3, -0.25) is 0 Å². The van der Waals surface area contributed by atoms with Crippen LogP contribution in [0.2, 0.25) is 0 Å². The molecule has 0 aromatic carbocycles. The van der Waals surface area contributed by atoms with Crippen molar-refractivity contribution >= 4 is 5.97 Å². The van der Waals surface area contributed by atoms with E-state index >= 15 is 0 Å². The van der Waals surface area contributed by atoms with Gasteiger partial charge in [-0.05, 0) is 32.6 Å². The maximum atomic E-state index is 11.2. The second-order valence-electron chi connectivity index (χ2n) is 3.82. The fourth-order valence-corrected chi connectivity index (χ4v) is 1.64. The molecule has 0 unspecified atom stereocenters. The van der Waals surface area contributed by atoms with Crippen molar-refractivity contribution in [1.82, 2.24) is 0 Å². The van der Waals surface area contributed by atoms with Crippen LogP contribution in [0.3, 0.4) is 0 Å². The molecular formula is C11H18O3. The maximum Gasteiger partial charge on any atom is 0.333 e. The van der Waals surface area contributed by atoms with Gasteiger partial charge in [0.2, 0.25) is 0 Å². The minimum absolute atomic E-state index is 0.0607. The van der Waals surface area contributed by atoms with Crippen molar-refractivity contribution in [3.8, 4) is 0 Å². The Bertz CT molecular complexity index is 215. The van der Waals surface area contributed by atoms with Gasteiger partial charge in [-0.15, -0.1) is 0 Å². The Balaban J connectivity index is 2.29. The van der Waals surface area contributed by atoms with Crippen LogP contribution in [-0.4, -0.2) is 25.3 Å². The molecule has 0 aromatic heterocycles. The largest absolute Gasteiger partial charge is 0.459 e. The summed E-state index contributed by atoms with van der Waals surface area (Å²) in [4.78, 5) is 11.2. The molecule has 0 saturated heterocycles. The lowest BCUT2D eigenvalue weighted by atomic mass is 9.95. The summed E-state index contributed by atoms with van der Waals surface area (Å²) in [7, 11) is 1.73. The highest BCUT2D eigenvalue weighted by molar-refractivity contribution is 5.87. The van der Waals surface area contributed by atoms with E-state index in [1.807, 2.05) is 0 Å². The molecule has 0 N–H and O–H groups in total. The second-order valence-corrected chi connectivity index (χ2v) is 3.82. The molecule has 0 amide bonds. The van der Waals surface area contributed by atoms with E-state index in [-0.39, 0.29) is 12.1 Å². The van der Waals surface area contributed by atoms with Gasteiger partial charge < -0.3 is 9.47 Å². The average Bonchev–Trinajstić information content (AvgIpc) is 2.19. The number of esters is 1. The summed E-state index contributed by atoms with van der Waals surface area (Å²) in [6.07, 6.45) is 4.16. The molecule has 1 aliphatic carbocycles. The predicted octanol–water partition coefficient (Wildman–Crippen LogP) is 2.06. The van der Waals surface area contributed by atoms with Gasteiger partial charge in [0.1, 0.15) is 6.10 Å². The standard InChI is InChI=1S/C11H18O3/c1-8(2)11(12)14-10-6-4-9(13-3)5-7-10/h9-10H,1,4-7H2,2-3H3. The van der Waals surface area contributed by atoms with E-state index in [1.165, 1.54) is 0 Å². The summed E-state index contributed by atoms with van der Waals surface area (Å²) < 4.78 is 10.5. The van der Waals surface area contributed by atoms with E-state index in [0.29, 0.717) is 11.7 Å². The van der Waals surface area contributed by atoms with Crippen LogP contribution >= 0.6 is 0 Å². The van der Waals surface area contributed by atoms with Gasteiger partial charge in [-0.2, -0.15) is 0 Å². The summed E-state index contributed by atoms with van der Waals surface area (Å²) >= 11 is 0. The van der Waals surface area contributed by atoms with Gasteiger partial charge in [-0.1, -0.05) is 6.58 Å². The van der Waals surface area contributed by atoms with Crippen LogP contribution in [-0.2, 0) is 14.3 Å². The van der Waals surface area contributed by atoms with Crippen molar-refractivity contribution in [3.05, 3.63) is 12.2 Å². The monoisotopic (exact) mass is 198 g/mol. The Kier molecular flexibility index (Phi) is 4.14. The molecule has 0 heterocycles. The van der Waals surface area contributed by atoms with Crippen molar-refractivity contribution in [3.63, 3.8) is 0 Å². The highest BCUT2D eigenvalue weighted by atomic mass is 16.5. The van der Waals surface area contributed by atoms with Crippen molar-refractivity contribution < 1.29 is 14.3 Å². The van der Waals surface area contributed by atoms with Crippen molar-refractivity contribution in [2.75, 3.05) is 7.11 Å². The fourth-order valence-electron chi connectivity index (χ4n) is 1.64. The molecular weight excluding hydrogens is 180 g/mol. The lowest BCUT2D eigenvalue weighted by Crippen LogP contribution is -2.27.